The van der Waals surface area contributed by atoms with Crippen LogP contribution in [0.4, 0.5) is 10.1 Å². The first kappa shape index (κ1) is 12.0. The maximum absolute atomic E-state index is 14.4. The maximum Gasteiger partial charge on any atom is 0.168 e. The molecule has 1 N–H and O–H groups in total. The Bertz CT molecular complexity index is 597. The van der Waals surface area contributed by atoms with Crippen molar-refractivity contribution in [2.75, 3.05) is 19.0 Å². The van der Waals surface area contributed by atoms with Crippen LogP contribution in [0.3, 0.4) is 0 Å². The Hall–Kier alpha value is -2.03. The molecule has 3 rings (SSSR count). The first-order valence-electron chi connectivity index (χ1n) is 6.46. The van der Waals surface area contributed by atoms with Gasteiger partial charge < -0.3 is 10.1 Å². The van der Waals surface area contributed by atoms with Gasteiger partial charge >= 0.3 is 0 Å². The normalized spacial score (nSPS) is 17.5. The molecular weight excluding hydrogens is 241 g/mol. The molecule has 0 bridgehead atoms. The Balaban J connectivity index is 2.09. The van der Waals surface area contributed by atoms with E-state index in [1.165, 1.54) is 7.11 Å². The second-order valence-corrected chi connectivity index (χ2v) is 4.72. The summed E-state index contributed by atoms with van der Waals surface area (Å²) in [4.78, 5) is 0. The lowest BCUT2D eigenvalue weighted by Gasteiger charge is -2.27. The van der Waals surface area contributed by atoms with Crippen molar-refractivity contribution < 1.29 is 9.13 Å². The van der Waals surface area contributed by atoms with Crippen LogP contribution in [-0.4, -0.2) is 13.7 Å². The predicted octanol–water partition coefficient (Wildman–Crippen LogP) is 3.78. The van der Waals surface area contributed by atoms with E-state index in [-0.39, 0.29) is 11.7 Å². The minimum Gasteiger partial charge on any atom is -0.494 e. The van der Waals surface area contributed by atoms with E-state index in [1.54, 1.807) is 6.07 Å². The third-order valence-electron chi connectivity index (χ3n) is 3.67. The van der Waals surface area contributed by atoms with Crippen LogP contribution < -0.4 is 10.1 Å². The van der Waals surface area contributed by atoms with Gasteiger partial charge in [0.2, 0.25) is 0 Å². The second-order valence-electron chi connectivity index (χ2n) is 4.72. The molecule has 2 aromatic carbocycles. The van der Waals surface area contributed by atoms with E-state index in [9.17, 15) is 4.39 Å². The molecule has 0 amide bonds. The zero-order valence-corrected chi connectivity index (χ0v) is 10.8. The van der Waals surface area contributed by atoms with Crippen LogP contribution in [0.25, 0.3) is 0 Å². The van der Waals surface area contributed by atoms with Gasteiger partial charge in [-0.2, -0.15) is 0 Å². The molecule has 1 heterocycles. The standard InChI is InChI=1S/C16H16FNO/c1-19-15-8-4-6-13(16(15)17)11-9-10-18-14-7-3-2-5-12(11)14/h2-8,11,18H,9-10H2,1H3. The Morgan fingerprint density at radius 3 is 2.74 bits per heavy atom. The topological polar surface area (TPSA) is 21.3 Å². The summed E-state index contributed by atoms with van der Waals surface area (Å²) in [6, 6.07) is 13.5. The molecule has 0 saturated carbocycles. The summed E-state index contributed by atoms with van der Waals surface area (Å²) in [5.41, 5.74) is 2.97. The number of methoxy groups -OCH3 is 1. The van der Waals surface area contributed by atoms with Crippen molar-refractivity contribution in [2.45, 2.75) is 12.3 Å². The largest absolute Gasteiger partial charge is 0.494 e. The molecule has 1 unspecified atom stereocenters. The fraction of sp³-hybridized carbons (Fsp3) is 0.250. The van der Waals surface area contributed by atoms with Crippen molar-refractivity contribution in [2.24, 2.45) is 0 Å². The minimum atomic E-state index is -0.244. The highest BCUT2D eigenvalue weighted by atomic mass is 19.1. The molecule has 0 saturated heterocycles. The quantitative estimate of drug-likeness (QED) is 0.884. The van der Waals surface area contributed by atoms with E-state index in [0.29, 0.717) is 11.3 Å². The van der Waals surface area contributed by atoms with Gasteiger partial charge in [-0.3, -0.25) is 0 Å². The maximum atomic E-state index is 14.4. The van der Waals surface area contributed by atoms with Crippen LogP contribution in [0, 0.1) is 5.82 Å². The Morgan fingerprint density at radius 2 is 1.89 bits per heavy atom. The number of anilines is 1. The first-order chi connectivity index (χ1) is 9.31. The Kier molecular flexibility index (Phi) is 3.11. The SMILES string of the molecule is COc1cccc(C2CCNc3ccccc32)c1F. The highest BCUT2D eigenvalue weighted by molar-refractivity contribution is 5.57. The fourth-order valence-corrected chi connectivity index (χ4v) is 2.75. The molecule has 0 aromatic heterocycles. The fourth-order valence-electron chi connectivity index (χ4n) is 2.75. The number of benzene rings is 2. The molecule has 1 aliphatic rings. The van der Waals surface area contributed by atoms with Crippen molar-refractivity contribution in [1.82, 2.24) is 0 Å². The number of rotatable bonds is 2. The monoisotopic (exact) mass is 257 g/mol. The van der Waals surface area contributed by atoms with Gasteiger partial charge in [-0.05, 0) is 29.7 Å². The van der Waals surface area contributed by atoms with E-state index in [4.69, 9.17) is 4.74 Å². The highest BCUT2D eigenvalue weighted by Gasteiger charge is 2.24. The minimum absolute atomic E-state index is 0.0903. The second kappa shape index (κ2) is 4.92. The lowest BCUT2D eigenvalue weighted by atomic mass is 9.85. The van der Waals surface area contributed by atoms with Gasteiger partial charge in [-0.1, -0.05) is 30.3 Å². The van der Waals surface area contributed by atoms with Gasteiger partial charge in [0.25, 0.3) is 0 Å². The van der Waals surface area contributed by atoms with E-state index in [2.05, 4.69) is 11.4 Å². The van der Waals surface area contributed by atoms with Gasteiger partial charge in [-0.15, -0.1) is 0 Å². The first-order valence-corrected chi connectivity index (χ1v) is 6.46. The average molecular weight is 257 g/mol. The number of hydrogen-bond donors (Lipinski definition) is 1. The van der Waals surface area contributed by atoms with E-state index in [1.807, 2.05) is 30.3 Å². The molecular formula is C16H16FNO. The lowest BCUT2D eigenvalue weighted by Crippen LogP contribution is -2.18. The smallest absolute Gasteiger partial charge is 0.168 e. The van der Waals surface area contributed by atoms with Crippen LogP contribution in [0.1, 0.15) is 23.5 Å². The molecule has 98 valence electrons. The molecule has 1 aliphatic heterocycles. The van der Waals surface area contributed by atoms with Gasteiger partial charge in [0.05, 0.1) is 7.11 Å². The zero-order chi connectivity index (χ0) is 13.2. The molecule has 0 aliphatic carbocycles. The Labute approximate surface area is 112 Å². The highest BCUT2D eigenvalue weighted by Crippen LogP contribution is 2.38. The molecule has 0 fully saturated rings. The summed E-state index contributed by atoms with van der Waals surface area (Å²) < 4.78 is 19.5. The van der Waals surface area contributed by atoms with Crippen molar-refractivity contribution in [3.63, 3.8) is 0 Å². The van der Waals surface area contributed by atoms with Gasteiger partial charge in [0.15, 0.2) is 11.6 Å². The van der Waals surface area contributed by atoms with Crippen LogP contribution in [0.2, 0.25) is 0 Å². The Morgan fingerprint density at radius 1 is 1.11 bits per heavy atom. The molecule has 19 heavy (non-hydrogen) atoms. The zero-order valence-electron chi connectivity index (χ0n) is 10.8. The molecule has 2 nitrogen and oxygen atoms in total. The van der Waals surface area contributed by atoms with E-state index >= 15 is 0 Å². The molecule has 0 radical (unpaired) electrons. The molecule has 3 heteroatoms. The number of para-hydroxylation sites is 1. The number of fused-ring (bicyclic) bond motifs is 1. The predicted molar refractivity (Wildman–Crippen MR) is 74.3 cm³/mol. The number of halogens is 1. The summed E-state index contributed by atoms with van der Waals surface area (Å²) in [6.07, 6.45) is 0.890. The van der Waals surface area contributed by atoms with Crippen molar-refractivity contribution >= 4 is 5.69 Å². The van der Waals surface area contributed by atoms with Crippen LogP contribution in [0.5, 0.6) is 5.75 Å². The van der Waals surface area contributed by atoms with Crippen molar-refractivity contribution in [1.29, 1.82) is 0 Å². The van der Waals surface area contributed by atoms with Crippen LogP contribution in [-0.2, 0) is 0 Å². The van der Waals surface area contributed by atoms with E-state index < -0.39 is 0 Å². The van der Waals surface area contributed by atoms with Crippen molar-refractivity contribution in [3.05, 3.63) is 59.4 Å². The molecule has 0 spiro atoms. The van der Waals surface area contributed by atoms with E-state index in [0.717, 1.165) is 24.2 Å². The summed E-state index contributed by atoms with van der Waals surface area (Å²) >= 11 is 0. The van der Waals surface area contributed by atoms with Gasteiger partial charge in [0.1, 0.15) is 0 Å². The summed E-state index contributed by atoms with van der Waals surface area (Å²) in [5.74, 6) is 0.160. The number of nitrogens with one attached hydrogen (secondary N) is 1. The summed E-state index contributed by atoms with van der Waals surface area (Å²) in [7, 11) is 1.50. The van der Waals surface area contributed by atoms with Crippen LogP contribution >= 0.6 is 0 Å². The third-order valence-corrected chi connectivity index (χ3v) is 3.67. The number of ether oxygens (including phenoxy) is 1. The number of hydrogen-bond acceptors (Lipinski definition) is 2. The van der Waals surface area contributed by atoms with Crippen LogP contribution in [0.15, 0.2) is 42.5 Å². The summed E-state index contributed by atoms with van der Waals surface area (Å²) in [6.45, 7) is 0.859. The summed E-state index contributed by atoms with van der Waals surface area (Å²) in [5, 5.41) is 3.36. The average Bonchev–Trinajstić information content (AvgIpc) is 2.47. The molecule has 1 atom stereocenters. The lowest BCUT2D eigenvalue weighted by molar-refractivity contribution is 0.383. The van der Waals surface area contributed by atoms with Gasteiger partial charge in [0, 0.05) is 18.2 Å². The van der Waals surface area contributed by atoms with Crippen molar-refractivity contribution in [3.8, 4) is 5.75 Å². The third kappa shape index (κ3) is 2.05. The van der Waals surface area contributed by atoms with Gasteiger partial charge in [-0.25, -0.2) is 4.39 Å². The molecule has 2 aromatic rings.